The van der Waals surface area contributed by atoms with Gasteiger partial charge in [0.05, 0.1) is 18.6 Å². The molecule has 4 rings (SSSR count). The van der Waals surface area contributed by atoms with E-state index in [1.165, 1.54) is 6.07 Å². The van der Waals surface area contributed by atoms with Gasteiger partial charge in [-0.3, -0.25) is 4.79 Å². The van der Waals surface area contributed by atoms with Gasteiger partial charge in [0.25, 0.3) is 0 Å². The number of ether oxygens (including phenoxy) is 2. The fourth-order valence-corrected chi connectivity index (χ4v) is 3.00. The Bertz CT molecular complexity index is 963. The topological polar surface area (TPSA) is 51.9 Å². The zero-order valence-corrected chi connectivity index (χ0v) is 14.2. The van der Waals surface area contributed by atoms with Crippen LogP contribution >= 0.6 is 11.6 Å². The molecule has 25 heavy (non-hydrogen) atoms. The largest absolute Gasteiger partial charge is 0.453 e. The van der Waals surface area contributed by atoms with Crippen LogP contribution in [0.15, 0.2) is 57.7 Å². The maximum Gasteiger partial charge on any atom is 0.200 e. The standard InChI is InChI=1S/C19H16ClNO4/c20-13-3-1-4-14(11-13)24-17-6-2-5-15-16(22)12-18(25-19(15)17)21-7-9-23-10-8-21/h1-6,11-12H,7-10H2. The van der Waals surface area contributed by atoms with E-state index in [0.717, 1.165) is 0 Å². The molecule has 1 aromatic heterocycles. The normalized spacial score (nSPS) is 14.7. The maximum absolute atomic E-state index is 12.5. The Kier molecular flexibility index (Phi) is 4.34. The molecule has 0 N–H and O–H groups in total. The van der Waals surface area contributed by atoms with E-state index in [2.05, 4.69) is 0 Å². The molecular formula is C19H16ClNO4. The van der Waals surface area contributed by atoms with Gasteiger partial charge in [-0.2, -0.15) is 0 Å². The van der Waals surface area contributed by atoms with Gasteiger partial charge in [-0.15, -0.1) is 0 Å². The average Bonchev–Trinajstić information content (AvgIpc) is 2.63. The van der Waals surface area contributed by atoms with Crippen molar-refractivity contribution in [3.05, 3.63) is 63.8 Å². The number of para-hydroxylation sites is 1. The minimum absolute atomic E-state index is 0.0979. The van der Waals surface area contributed by atoms with Gasteiger partial charge in [0, 0.05) is 24.2 Å². The minimum Gasteiger partial charge on any atom is -0.453 e. The van der Waals surface area contributed by atoms with Crippen molar-refractivity contribution < 1.29 is 13.9 Å². The number of morpholine rings is 1. The summed E-state index contributed by atoms with van der Waals surface area (Å²) in [7, 11) is 0. The van der Waals surface area contributed by atoms with E-state index in [9.17, 15) is 4.79 Å². The highest BCUT2D eigenvalue weighted by molar-refractivity contribution is 6.30. The van der Waals surface area contributed by atoms with Crippen molar-refractivity contribution in [1.82, 2.24) is 0 Å². The number of benzene rings is 2. The quantitative estimate of drug-likeness (QED) is 0.707. The molecule has 0 atom stereocenters. The van der Waals surface area contributed by atoms with Crippen LogP contribution in [0.1, 0.15) is 0 Å². The van der Waals surface area contributed by atoms with E-state index >= 15 is 0 Å². The van der Waals surface area contributed by atoms with Crippen molar-refractivity contribution in [2.24, 2.45) is 0 Å². The lowest BCUT2D eigenvalue weighted by molar-refractivity contribution is 0.121. The molecule has 2 aromatic carbocycles. The second-order valence-corrected chi connectivity index (χ2v) is 6.18. The molecule has 128 valence electrons. The highest BCUT2D eigenvalue weighted by Gasteiger charge is 2.17. The molecule has 2 heterocycles. The lowest BCUT2D eigenvalue weighted by atomic mass is 10.2. The Balaban J connectivity index is 1.78. The molecule has 0 amide bonds. The molecule has 0 bridgehead atoms. The van der Waals surface area contributed by atoms with Crippen LogP contribution in [0, 0.1) is 0 Å². The lowest BCUT2D eigenvalue weighted by Crippen LogP contribution is -2.36. The Morgan fingerprint density at radius 3 is 2.64 bits per heavy atom. The molecule has 3 aromatic rings. The smallest absolute Gasteiger partial charge is 0.200 e. The summed E-state index contributed by atoms with van der Waals surface area (Å²) in [5, 5.41) is 1.06. The lowest BCUT2D eigenvalue weighted by Gasteiger charge is -2.27. The van der Waals surface area contributed by atoms with Gasteiger partial charge in [0.1, 0.15) is 5.75 Å². The predicted molar refractivity (Wildman–Crippen MR) is 97.0 cm³/mol. The summed E-state index contributed by atoms with van der Waals surface area (Å²) in [5.41, 5.74) is 0.329. The summed E-state index contributed by atoms with van der Waals surface area (Å²) in [5.74, 6) is 1.59. The monoisotopic (exact) mass is 357 g/mol. The number of fused-ring (bicyclic) bond motifs is 1. The molecule has 6 heteroatoms. The number of rotatable bonds is 3. The van der Waals surface area contributed by atoms with Crippen molar-refractivity contribution in [3.8, 4) is 11.5 Å². The van der Waals surface area contributed by atoms with Crippen LogP contribution in [0.4, 0.5) is 5.88 Å². The zero-order valence-electron chi connectivity index (χ0n) is 13.4. The Morgan fingerprint density at radius 1 is 1.04 bits per heavy atom. The summed E-state index contributed by atoms with van der Waals surface area (Å²) >= 11 is 6.01. The van der Waals surface area contributed by atoms with Crippen LogP contribution in [0.2, 0.25) is 5.02 Å². The van der Waals surface area contributed by atoms with E-state index < -0.39 is 0 Å². The third kappa shape index (κ3) is 3.34. The fraction of sp³-hybridized carbons (Fsp3) is 0.211. The number of nitrogens with zero attached hydrogens (tertiary/aromatic N) is 1. The van der Waals surface area contributed by atoms with E-state index in [-0.39, 0.29) is 5.43 Å². The molecule has 1 aliphatic heterocycles. The van der Waals surface area contributed by atoms with Crippen molar-refractivity contribution >= 4 is 28.5 Å². The highest BCUT2D eigenvalue weighted by Crippen LogP contribution is 2.32. The van der Waals surface area contributed by atoms with Crippen LogP contribution in [-0.4, -0.2) is 26.3 Å². The van der Waals surface area contributed by atoms with Gasteiger partial charge in [-0.25, -0.2) is 0 Å². The van der Waals surface area contributed by atoms with Gasteiger partial charge in [-0.1, -0.05) is 23.7 Å². The second kappa shape index (κ2) is 6.78. The summed E-state index contributed by atoms with van der Waals surface area (Å²) in [4.78, 5) is 14.5. The summed E-state index contributed by atoms with van der Waals surface area (Å²) in [6, 6.07) is 13.9. The SMILES string of the molecule is O=c1cc(N2CCOCC2)oc2c(Oc3cccc(Cl)c3)cccc12. The summed E-state index contributed by atoms with van der Waals surface area (Å²) < 4.78 is 17.3. The van der Waals surface area contributed by atoms with Crippen molar-refractivity contribution in [1.29, 1.82) is 0 Å². The molecule has 1 saturated heterocycles. The Hall–Kier alpha value is -2.50. The first kappa shape index (κ1) is 16.0. The first-order chi connectivity index (χ1) is 12.2. The molecule has 0 spiro atoms. The molecule has 0 saturated carbocycles. The maximum atomic E-state index is 12.5. The van der Waals surface area contributed by atoms with Crippen LogP contribution in [0.5, 0.6) is 11.5 Å². The summed E-state index contributed by atoms with van der Waals surface area (Å²) in [6.07, 6.45) is 0. The third-order valence-electron chi connectivity index (χ3n) is 4.05. The first-order valence-electron chi connectivity index (χ1n) is 8.04. The highest BCUT2D eigenvalue weighted by atomic mass is 35.5. The fourth-order valence-electron chi connectivity index (χ4n) is 2.82. The summed E-state index contributed by atoms with van der Waals surface area (Å²) in [6.45, 7) is 2.60. The molecule has 0 aliphatic carbocycles. The van der Waals surface area contributed by atoms with Crippen molar-refractivity contribution in [3.63, 3.8) is 0 Å². The van der Waals surface area contributed by atoms with Gasteiger partial charge in [0.15, 0.2) is 22.6 Å². The predicted octanol–water partition coefficient (Wildman–Crippen LogP) is 4.08. The molecule has 1 fully saturated rings. The molecule has 1 aliphatic rings. The van der Waals surface area contributed by atoms with Crippen LogP contribution in [0.25, 0.3) is 11.0 Å². The van der Waals surface area contributed by atoms with Crippen molar-refractivity contribution in [2.75, 3.05) is 31.2 Å². The van der Waals surface area contributed by atoms with E-state index in [1.807, 2.05) is 4.90 Å². The molecule has 0 unspecified atom stereocenters. The minimum atomic E-state index is -0.0979. The van der Waals surface area contributed by atoms with Gasteiger partial charge in [0.2, 0.25) is 0 Å². The van der Waals surface area contributed by atoms with E-state index in [1.54, 1.807) is 42.5 Å². The van der Waals surface area contributed by atoms with Crippen LogP contribution in [0.3, 0.4) is 0 Å². The zero-order chi connectivity index (χ0) is 17.2. The first-order valence-corrected chi connectivity index (χ1v) is 8.41. The Morgan fingerprint density at radius 2 is 1.84 bits per heavy atom. The third-order valence-corrected chi connectivity index (χ3v) is 4.29. The molecule has 5 nitrogen and oxygen atoms in total. The van der Waals surface area contributed by atoms with Crippen molar-refractivity contribution in [2.45, 2.75) is 0 Å². The second-order valence-electron chi connectivity index (χ2n) is 5.74. The average molecular weight is 358 g/mol. The Labute approximate surface area is 149 Å². The van der Waals surface area contributed by atoms with Crippen LogP contribution < -0.4 is 15.1 Å². The number of hydrogen-bond donors (Lipinski definition) is 0. The van der Waals surface area contributed by atoms with Gasteiger partial charge in [-0.05, 0) is 30.3 Å². The van der Waals surface area contributed by atoms with Gasteiger partial charge >= 0.3 is 0 Å². The van der Waals surface area contributed by atoms with Gasteiger partial charge < -0.3 is 18.8 Å². The molecule has 0 radical (unpaired) electrons. The number of hydrogen-bond acceptors (Lipinski definition) is 5. The van der Waals surface area contributed by atoms with E-state index in [4.69, 9.17) is 25.5 Å². The van der Waals surface area contributed by atoms with E-state index in [0.29, 0.717) is 59.7 Å². The number of anilines is 1. The van der Waals surface area contributed by atoms with Crippen LogP contribution in [-0.2, 0) is 4.74 Å². The number of halogens is 1. The molecular weight excluding hydrogens is 342 g/mol.